The normalized spacial score (nSPS) is 20.2. The van der Waals surface area contributed by atoms with Gasteiger partial charge in [-0.25, -0.2) is 13.8 Å². The number of nitrogens with zero attached hydrogens (tertiary/aromatic N) is 3. The van der Waals surface area contributed by atoms with Crippen LogP contribution in [0.3, 0.4) is 0 Å². The van der Waals surface area contributed by atoms with Crippen LogP contribution in [0.4, 0.5) is 8.78 Å². The Hall–Kier alpha value is -2.84. The predicted octanol–water partition coefficient (Wildman–Crippen LogP) is 3.99. The molecular formula is C24H25F2N3O3. The van der Waals surface area contributed by atoms with E-state index >= 15 is 0 Å². The van der Waals surface area contributed by atoms with Gasteiger partial charge in [-0.2, -0.15) is 0 Å². The van der Waals surface area contributed by atoms with Crippen molar-refractivity contribution >= 4 is 10.9 Å². The van der Waals surface area contributed by atoms with Crippen LogP contribution in [0, 0.1) is 11.6 Å². The van der Waals surface area contributed by atoms with Crippen molar-refractivity contribution in [1.29, 1.82) is 0 Å². The molecule has 0 N–H and O–H groups in total. The summed E-state index contributed by atoms with van der Waals surface area (Å²) in [5.41, 5.74) is 0.112. The third-order valence-corrected chi connectivity index (χ3v) is 6.54. The number of benzene rings is 2. The second kappa shape index (κ2) is 8.60. The molecule has 32 heavy (non-hydrogen) atoms. The van der Waals surface area contributed by atoms with Crippen molar-refractivity contribution in [3.8, 4) is 11.4 Å². The SMILES string of the molecule is COc1ccc(-n2c([C@@H]3CCCN3C3CCOCC3)nc3ccc(F)c(F)c3c2=O)cc1. The zero-order valence-corrected chi connectivity index (χ0v) is 17.9. The lowest BCUT2D eigenvalue weighted by molar-refractivity contribution is 0.0276. The summed E-state index contributed by atoms with van der Waals surface area (Å²) in [6.07, 6.45) is 3.68. The van der Waals surface area contributed by atoms with Crippen molar-refractivity contribution in [2.45, 2.75) is 37.8 Å². The molecule has 2 saturated heterocycles. The number of methoxy groups -OCH3 is 1. The monoisotopic (exact) mass is 441 g/mol. The van der Waals surface area contributed by atoms with Crippen LogP contribution in [-0.2, 0) is 4.74 Å². The fraction of sp³-hybridized carbons (Fsp3) is 0.417. The van der Waals surface area contributed by atoms with Crippen LogP contribution < -0.4 is 10.3 Å². The molecule has 0 saturated carbocycles. The Morgan fingerprint density at radius 1 is 1.06 bits per heavy atom. The Labute approximate surface area is 184 Å². The molecule has 0 aliphatic carbocycles. The molecule has 0 unspecified atom stereocenters. The molecule has 8 heteroatoms. The number of aromatic nitrogens is 2. The summed E-state index contributed by atoms with van der Waals surface area (Å²) in [5, 5.41) is -0.333. The van der Waals surface area contributed by atoms with Crippen molar-refractivity contribution in [3.05, 3.63) is 64.2 Å². The first-order chi connectivity index (χ1) is 15.6. The number of halogens is 2. The molecule has 0 amide bonds. The maximum Gasteiger partial charge on any atom is 0.269 e. The fourth-order valence-corrected chi connectivity index (χ4v) is 4.95. The third-order valence-electron chi connectivity index (χ3n) is 6.54. The first-order valence-electron chi connectivity index (χ1n) is 11.0. The molecule has 2 aliphatic rings. The molecule has 2 aliphatic heterocycles. The van der Waals surface area contributed by atoms with Gasteiger partial charge in [0.05, 0.1) is 24.4 Å². The van der Waals surface area contributed by atoms with Crippen LogP contribution >= 0.6 is 0 Å². The van der Waals surface area contributed by atoms with Crippen LogP contribution in [0.25, 0.3) is 16.6 Å². The maximum absolute atomic E-state index is 14.7. The molecule has 3 aromatic rings. The number of fused-ring (bicyclic) bond motifs is 1. The Morgan fingerprint density at radius 3 is 2.53 bits per heavy atom. The Kier molecular flexibility index (Phi) is 5.65. The van der Waals surface area contributed by atoms with Gasteiger partial charge < -0.3 is 9.47 Å². The van der Waals surface area contributed by atoms with Crippen LogP contribution in [0.1, 0.15) is 37.5 Å². The molecule has 2 fully saturated rings. The predicted molar refractivity (Wildman–Crippen MR) is 116 cm³/mol. The summed E-state index contributed by atoms with van der Waals surface area (Å²) >= 11 is 0. The number of likely N-dealkylation sites (tertiary alicyclic amines) is 1. The largest absolute Gasteiger partial charge is 0.497 e. The van der Waals surface area contributed by atoms with Gasteiger partial charge in [0, 0.05) is 19.3 Å². The van der Waals surface area contributed by atoms with Gasteiger partial charge in [-0.05, 0) is 68.6 Å². The number of hydrogen-bond acceptors (Lipinski definition) is 5. The van der Waals surface area contributed by atoms with Crippen LogP contribution in [0.15, 0.2) is 41.2 Å². The van der Waals surface area contributed by atoms with Crippen LogP contribution in [-0.4, -0.2) is 47.4 Å². The molecule has 3 heterocycles. The summed E-state index contributed by atoms with van der Waals surface area (Å²) in [4.78, 5) is 20.7. The molecule has 0 bridgehead atoms. The van der Waals surface area contributed by atoms with Crippen molar-refractivity contribution in [2.75, 3.05) is 26.9 Å². The van der Waals surface area contributed by atoms with E-state index in [2.05, 4.69) is 4.90 Å². The Bertz CT molecular complexity index is 1190. The van der Waals surface area contributed by atoms with E-state index in [-0.39, 0.29) is 16.9 Å². The molecule has 168 valence electrons. The molecule has 2 aromatic carbocycles. The first-order valence-corrected chi connectivity index (χ1v) is 11.0. The van der Waals surface area contributed by atoms with E-state index in [0.29, 0.717) is 23.3 Å². The van der Waals surface area contributed by atoms with Crippen molar-refractivity contribution in [1.82, 2.24) is 14.5 Å². The lowest BCUT2D eigenvalue weighted by Crippen LogP contribution is -2.41. The van der Waals surface area contributed by atoms with Gasteiger partial charge >= 0.3 is 0 Å². The van der Waals surface area contributed by atoms with Crippen molar-refractivity contribution < 1.29 is 18.3 Å². The van der Waals surface area contributed by atoms with Gasteiger partial charge in [0.2, 0.25) is 0 Å². The van der Waals surface area contributed by atoms with Crippen molar-refractivity contribution in [3.63, 3.8) is 0 Å². The summed E-state index contributed by atoms with van der Waals surface area (Å²) in [5.74, 6) is -1.03. The zero-order chi connectivity index (χ0) is 22.2. The molecule has 1 aromatic heterocycles. The smallest absolute Gasteiger partial charge is 0.269 e. The number of rotatable bonds is 4. The lowest BCUT2D eigenvalue weighted by atomic mass is 10.0. The first kappa shape index (κ1) is 21.0. The van der Waals surface area contributed by atoms with Gasteiger partial charge in [0.25, 0.3) is 5.56 Å². The highest BCUT2D eigenvalue weighted by Gasteiger charge is 2.36. The minimum absolute atomic E-state index is 0.0922. The standard InChI is InChI=1S/C24H25F2N3O3/c1-31-17-6-4-16(5-7-17)29-23(20-3-2-12-28(20)15-10-13-32-14-11-15)27-19-9-8-18(25)22(26)21(19)24(29)30/h4-9,15,20H,2-3,10-14H2,1H3/t20-/m0/s1. The van der Waals surface area contributed by atoms with E-state index < -0.39 is 17.2 Å². The topological polar surface area (TPSA) is 56.6 Å². The lowest BCUT2D eigenvalue weighted by Gasteiger charge is -2.35. The second-order valence-electron chi connectivity index (χ2n) is 8.30. The van der Waals surface area contributed by atoms with Gasteiger partial charge in [-0.3, -0.25) is 14.3 Å². The fourth-order valence-electron chi connectivity index (χ4n) is 4.95. The van der Waals surface area contributed by atoms with Crippen LogP contribution in [0.2, 0.25) is 0 Å². The van der Waals surface area contributed by atoms with E-state index in [1.807, 2.05) is 0 Å². The van der Waals surface area contributed by atoms with Gasteiger partial charge in [-0.15, -0.1) is 0 Å². The average Bonchev–Trinajstić information content (AvgIpc) is 3.32. The highest BCUT2D eigenvalue weighted by atomic mass is 19.2. The van der Waals surface area contributed by atoms with E-state index in [1.165, 1.54) is 10.6 Å². The van der Waals surface area contributed by atoms with E-state index in [0.717, 1.165) is 51.5 Å². The quantitative estimate of drug-likeness (QED) is 0.613. The van der Waals surface area contributed by atoms with E-state index in [1.54, 1.807) is 31.4 Å². The number of ether oxygens (including phenoxy) is 2. The van der Waals surface area contributed by atoms with Gasteiger partial charge in [0.1, 0.15) is 17.0 Å². The van der Waals surface area contributed by atoms with Gasteiger partial charge in [-0.1, -0.05) is 0 Å². The third kappa shape index (κ3) is 3.57. The minimum atomic E-state index is -1.17. The second-order valence-corrected chi connectivity index (χ2v) is 8.30. The number of hydrogen-bond donors (Lipinski definition) is 0. The highest BCUT2D eigenvalue weighted by Crippen LogP contribution is 2.36. The Morgan fingerprint density at radius 2 is 1.81 bits per heavy atom. The summed E-state index contributed by atoms with van der Waals surface area (Å²) in [6, 6.07) is 9.61. The summed E-state index contributed by atoms with van der Waals surface area (Å²) < 4.78 is 40.9. The molecule has 1 atom stereocenters. The van der Waals surface area contributed by atoms with Gasteiger partial charge in [0.15, 0.2) is 11.6 Å². The molecule has 6 nitrogen and oxygen atoms in total. The molecule has 5 rings (SSSR count). The molecular weight excluding hydrogens is 416 g/mol. The van der Waals surface area contributed by atoms with E-state index in [4.69, 9.17) is 14.5 Å². The average molecular weight is 441 g/mol. The summed E-state index contributed by atoms with van der Waals surface area (Å²) in [7, 11) is 1.56. The molecule has 0 radical (unpaired) electrons. The van der Waals surface area contributed by atoms with Crippen molar-refractivity contribution in [2.24, 2.45) is 0 Å². The molecule has 0 spiro atoms. The van der Waals surface area contributed by atoms with Crippen LogP contribution in [0.5, 0.6) is 5.75 Å². The minimum Gasteiger partial charge on any atom is -0.497 e. The summed E-state index contributed by atoms with van der Waals surface area (Å²) in [6.45, 7) is 2.34. The zero-order valence-electron chi connectivity index (χ0n) is 17.9. The van der Waals surface area contributed by atoms with E-state index in [9.17, 15) is 13.6 Å². The Balaban J connectivity index is 1.71. The highest BCUT2D eigenvalue weighted by molar-refractivity contribution is 5.79. The maximum atomic E-state index is 14.7.